The van der Waals surface area contributed by atoms with Crippen LogP contribution in [0.4, 0.5) is 0 Å². The maximum absolute atomic E-state index is 13.3. The number of benzene rings is 1. The van der Waals surface area contributed by atoms with Crippen molar-refractivity contribution in [1.29, 1.82) is 0 Å². The second-order valence-corrected chi connectivity index (χ2v) is 7.84. The van der Waals surface area contributed by atoms with Crippen molar-refractivity contribution in [1.82, 2.24) is 25.5 Å². The number of hydrogen-bond donors (Lipinski definition) is 1. The molecular formula is C21H23Cl2N5O5. The van der Waals surface area contributed by atoms with Gasteiger partial charge < -0.3 is 19.5 Å². The van der Waals surface area contributed by atoms with Gasteiger partial charge in [-0.3, -0.25) is 0 Å². The fourth-order valence-corrected chi connectivity index (χ4v) is 4.16. The van der Waals surface area contributed by atoms with E-state index in [9.17, 15) is 9.59 Å². The maximum Gasteiger partial charge on any atom is 0.336 e. The molecule has 0 radical (unpaired) electrons. The first-order valence-electron chi connectivity index (χ1n) is 9.92. The largest absolute Gasteiger partial charge is 0.466 e. The standard InChI is InChI=1S/C21H23Cl2N5O5/c1-6-33-21(30)15-14(11-8-7-9-12(22)16(11)23)13(20(29)32-5)10(2)24-17(15)18(31-4)19-25-26-27-28(19)3/h7-9,14,18,24H,6H2,1-5H3. The van der Waals surface area contributed by atoms with Crippen LogP contribution in [-0.4, -0.2) is 53.0 Å². The Morgan fingerprint density at radius 2 is 1.94 bits per heavy atom. The fourth-order valence-electron chi connectivity index (χ4n) is 3.74. The number of methoxy groups -OCH3 is 2. The summed E-state index contributed by atoms with van der Waals surface area (Å²) in [5.74, 6) is -1.95. The normalized spacial score (nSPS) is 17.0. The number of esters is 2. The lowest BCUT2D eigenvalue weighted by Gasteiger charge is -2.34. The lowest BCUT2D eigenvalue weighted by molar-refractivity contribution is -0.139. The molecule has 12 heteroatoms. The van der Waals surface area contributed by atoms with E-state index in [0.717, 1.165) is 0 Å². The van der Waals surface area contributed by atoms with E-state index < -0.39 is 24.0 Å². The Balaban J connectivity index is 2.37. The third-order valence-corrected chi connectivity index (χ3v) is 6.01. The summed E-state index contributed by atoms with van der Waals surface area (Å²) in [6.07, 6.45) is -0.890. The van der Waals surface area contributed by atoms with Crippen molar-refractivity contribution in [3.63, 3.8) is 0 Å². The molecule has 33 heavy (non-hydrogen) atoms. The first-order valence-corrected chi connectivity index (χ1v) is 10.7. The van der Waals surface area contributed by atoms with Crippen LogP contribution in [0.1, 0.15) is 37.3 Å². The minimum absolute atomic E-state index is 0.0990. The molecule has 0 saturated carbocycles. The van der Waals surface area contributed by atoms with E-state index in [-0.39, 0.29) is 27.8 Å². The summed E-state index contributed by atoms with van der Waals surface area (Å²) in [5, 5.41) is 15.1. The van der Waals surface area contributed by atoms with E-state index in [1.807, 2.05) is 0 Å². The van der Waals surface area contributed by atoms with Crippen LogP contribution in [0.2, 0.25) is 10.0 Å². The average Bonchev–Trinajstić information content (AvgIpc) is 3.21. The van der Waals surface area contributed by atoms with Crippen molar-refractivity contribution in [2.75, 3.05) is 20.8 Å². The van der Waals surface area contributed by atoms with Crippen molar-refractivity contribution in [3.05, 3.63) is 62.2 Å². The third-order valence-electron chi connectivity index (χ3n) is 5.17. The number of hydrogen-bond acceptors (Lipinski definition) is 9. The summed E-state index contributed by atoms with van der Waals surface area (Å²) < 4.78 is 17.5. The number of allylic oxidation sites excluding steroid dienone is 1. The molecule has 1 aromatic carbocycles. The van der Waals surface area contributed by atoms with E-state index in [1.54, 1.807) is 39.1 Å². The number of rotatable bonds is 7. The number of nitrogens with zero attached hydrogens (tertiary/aromatic N) is 4. The predicted octanol–water partition coefficient (Wildman–Crippen LogP) is 2.86. The number of tetrazole rings is 1. The molecule has 1 aliphatic rings. The quantitative estimate of drug-likeness (QED) is 0.578. The van der Waals surface area contributed by atoms with Crippen LogP contribution in [0.15, 0.2) is 40.7 Å². The van der Waals surface area contributed by atoms with Gasteiger partial charge in [0.2, 0.25) is 0 Å². The van der Waals surface area contributed by atoms with Crippen LogP contribution in [0.5, 0.6) is 0 Å². The van der Waals surface area contributed by atoms with Gasteiger partial charge in [0.25, 0.3) is 0 Å². The van der Waals surface area contributed by atoms with Crippen LogP contribution < -0.4 is 5.32 Å². The molecule has 0 fully saturated rings. The van der Waals surface area contributed by atoms with Crippen molar-refractivity contribution in [2.24, 2.45) is 7.05 Å². The zero-order chi connectivity index (χ0) is 24.3. The van der Waals surface area contributed by atoms with Crippen molar-refractivity contribution < 1.29 is 23.8 Å². The molecule has 0 aliphatic carbocycles. The molecule has 2 atom stereocenters. The predicted molar refractivity (Wildman–Crippen MR) is 119 cm³/mol. The summed E-state index contributed by atoms with van der Waals surface area (Å²) >= 11 is 12.8. The molecule has 1 aromatic heterocycles. The monoisotopic (exact) mass is 495 g/mol. The Morgan fingerprint density at radius 1 is 1.21 bits per heavy atom. The first kappa shape index (κ1) is 24.7. The lowest BCUT2D eigenvalue weighted by atomic mass is 9.79. The number of dihydropyridines is 1. The van der Waals surface area contributed by atoms with E-state index in [0.29, 0.717) is 22.8 Å². The van der Waals surface area contributed by atoms with Crippen LogP contribution in [-0.2, 0) is 30.8 Å². The van der Waals surface area contributed by atoms with Gasteiger partial charge in [-0.25, -0.2) is 14.3 Å². The number of aryl methyl sites for hydroxylation is 1. The van der Waals surface area contributed by atoms with Crippen molar-refractivity contribution in [2.45, 2.75) is 25.9 Å². The van der Waals surface area contributed by atoms with Crippen LogP contribution in [0.3, 0.4) is 0 Å². The SMILES string of the molecule is CCOC(=O)C1=C(C(OC)c2nnnn2C)NC(C)=C(C(=O)OC)C1c1cccc(Cl)c1Cl. The van der Waals surface area contributed by atoms with Gasteiger partial charge in [0.15, 0.2) is 11.9 Å². The van der Waals surface area contributed by atoms with Gasteiger partial charge in [-0.2, -0.15) is 0 Å². The second kappa shape index (κ2) is 10.3. The molecule has 2 heterocycles. The van der Waals surface area contributed by atoms with Crippen LogP contribution >= 0.6 is 23.2 Å². The number of halogens is 2. The molecule has 1 N–H and O–H groups in total. The molecule has 0 amide bonds. The highest BCUT2D eigenvalue weighted by Gasteiger charge is 2.43. The first-order chi connectivity index (χ1) is 15.8. The summed E-state index contributed by atoms with van der Waals surface area (Å²) in [4.78, 5) is 26.2. The Kier molecular flexibility index (Phi) is 7.72. The Bertz CT molecular complexity index is 1140. The van der Waals surface area contributed by atoms with Crippen molar-refractivity contribution >= 4 is 35.1 Å². The minimum Gasteiger partial charge on any atom is -0.466 e. The van der Waals surface area contributed by atoms with Crippen LogP contribution in [0, 0.1) is 0 Å². The molecule has 0 spiro atoms. The van der Waals surface area contributed by atoms with Gasteiger partial charge in [0.05, 0.1) is 46.5 Å². The molecule has 0 saturated heterocycles. The summed E-state index contributed by atoms with van der Waals surface area (Å²) in [7, 11) is 4.35. The topological polar surface area (TPSA) is 117 Å². The van der Waals surface area contributed by atoms with E-state index in [2.05, 4.69) is 20.8 Å². The van der Waals surface area contributed by atoms with Crippen LogP contribution in [0.25, 0.3) is 0 Å². The van der Waals surface area contributed by atoms with Gasteiger partial charge >= 0.3 is 11.9 Å². The van der Waals surface area contributed by atoms with Gasteiger partial charge in [-0.1, -0.05) is 35.3 Å². The number of aromatic nitrogens is 4. The van der Waals surface area contributed by atoms with Crippen molar-refractivity contribution in [3.8, 4) is 0 Å². The minimum atomic E-state index is -0.960. The number of nitrogens with one attached hydrogen (secondary N) is 1. The maximum atomic E-state index is 13.3. The molecule has 3 rings (SSSR count). The number of ether oxygens (including phenoxy) is 3. The van der Waals surface area contributed by atoms with Gasteiger partial charge in [-0.05, 0) is 35.9 Å². The molecule has 0 bridgehead atoms. The zero-order valence-corrected chi connectivity index (χ0v) is 20.2. The highest BCUT2D eigenvalue weighted by atomic mass is 35.5. The van der Waals surface area contributed by atoms with E-state index in [4.69, 9.17) is 37.4 Å². The highest BCUT2D eigenvalue weighted by molar-refractivity contribution is 6.42. The molecular weight excluding hydrogens is 473 g/mol. The van der Waals surface area contributed by atoms with Gasteiger partial charge in [0, 0.05) is 19.9 Å². The summed E-state index contributed by atoms with van der Waals surface area (Å²) in [6.45, 7) is 3.46. The Morgan fingerprint density at radius 3 is 2.52 bits per heavy atom. The third kappa shape index (κ3) is 4.59. The molecule has 2 unspecified atom stereocenters. The van der Waals surface area contributed by atoms with Gasteiger partial charge in [-0.15, -0.1) is 5.10 Å². The number of carbonyl (C=O) groups excluding carboxylic acids is 2. The molecule has 1 aliphatic heterocycles. The average molecular weight is 496 g/mol. The zero-order valence-electron chi connectivity index (χ0n) is 18.7. The Hall–Kier alpha value is -2.95. The smallest absolute Gasteiger partial charge is 0.336 e. The second-order valence-electron chi connectivity index (χ2n) is 7.06. The van der Waals surface area contributed by atoms with Gasteiger partial charge in [0.1, 0.15) is 0 Å². The fraction of sp³-hybridized carbons (Fsp3) is 0.381. The molecule has 10 nitrogen and oxygen atoms in total. The highest BCUT2D eigenvalue weighted by Crippen LogP contribution is 2.45. The summed E-state index contributed by atoms with van der Waals surface area (Å²) in [6, 6.07) is 4.97. The molecule has 2 aromatic rings. The van der Waals surface area contributed by atoms with E-state index in [1.165, 1.54) is 18.9 Å². The summed E-state index contributed by atoms with van der Waals surface area (Å²) in [5.41, 5.74) is 1.45. The molecule has 176 valence electrons. The lowest BCUT2D eigenvalue weighted by Crippen LogP contribution is -2.36. The number of carbonyl (C=O) groups is 2. The Labute approximate surface area is 200 Å². The van der Waals surface area contributed by atoms with E-state index >= 15 is 0 Å².